The lowest BCUT2D eigenvalue weighted by atomic mass is 9.96. The number of rotatable bonds is 6. The number of nitrogens with zero attached hydrogens (tertiary/aromatic N) is 1. The first-order valence-electron chi connectivity index (χ1n) is 9.86. The molecule has 1 aliphatic heterocycles. The monoisotopic (exact) mass is 436 g/mol. The zero-order valence-corrected chi connectivity index (χ0v) is 18.0. The van der Waals surface area contributed by atoms with Crippen molar-refractivity contribution in [3.8, 4) is 11.1 Å². The summed E-state index contributed by atoms with van der Waals surface area (Å²) in [6.07, 6.45) is 1.86. The molecule has 0 saturated carbocycles. The third-order valence-electron chi connectivity index (χ3n) is 5.25. The predicted octanol–water partition coefficient (Wildman–Crippen LogP) is 3.35. The first-order valence-corrected chi connectivity index (χ1v) is 11.8. The molecule has 0 radical (unpaired) electrons. The number of hydrogen-bond donors (Lipinski definition) is 1. The predicted molar refractivity (Wildman–Crippen MR) is 112 cm³/mol. The zero-order valence-electron chi connectivity index (χ0n) is 17.2. The lowest BCUT2D eigenvalue weighted by molar-refractivity contribution is -0.135. The van der Waals surface area contributed by atoms with Crippen LogP contribution in [0.3, 0.4) is 0 Å². The molecule has 1 amide bonds. The van der Waals surface area contributed by atoms with Gasteiger partial charge in [-0.25, -0.2) is 21.9 Å². The van der Waals surface area contributed by atoms with Gasteiger partial charge in [0.25, 0.3) is 0 Å². The Kier molecular flexibility index (Phi) is 6.57. The highest BCUT2D eigenvalue weighted by Crippen LogP contribution is 2.28. The van der Waals surface area contributed by atoms with Gasteiger partial charge in [-0.05, 0) is 53.8 Å². The van der Waals surface area contributed by atoms with Gasteiger partial charge in [0, 0.05) is 18.5 Å². The highest BCUT2D eigenvalue weighted by atomic mass is 32.2. The van der Waals surface area contributed by atoms with E-state index in [9.17, 15) is 22.0 Å². The van der Waals surface area contributed by atoms with Crippen LogP contribution in [-0.4, -0.2) is 44.1 Å². The Bertz CT molecular complexity index is 1040. The van der Waals surface area contributed by atoms with Crippen LogP contribution in [0.2, 0.25) is 0 Å². The average molecular weight is 437 g/mol. The Morgan fingerprint density at radius 3 is 2.47 bits per heavy atom. The third-order valence-corrected chi connectivity index (χ3v) is 5.98. The quantitative estimate of drug-likeness (QED) is 0.755. The summed E-state index contributed by atoms with van der Waals surface area (Å²) in [6.45, 7) is 4.02. The van der Waals surface area contributed by atoms with E-state index in [1.807, 2.05) is 0 Å². The number of hydrogen-bond acceptors (Lipinski definition) is 3. The topological polar surface area (TPSA) is 66.5 Å². The molecule has 1 aliphatic rings. The van der Waals surface area contributed by atoms with Crippen molar-refractivity contribution in [2.24, 2.45) is 5.92 Å². The number of halogens is 2. The fourth-order valence-corrected chi connectivity index (χ4v) is 4.79. The van der Waals surface area contributed by atoms with E-state index < -0.39 is 33.7 Å². The second-order valence-corrected chi connectivity index (χ2v) is 9.88. The van der Waals surface area contributed by atoms with Crippen molar-refractivity contribution < 1.29 is 22.0 Å². The van der Waals surface area contributed by atoms with E-state index >= 15 is 0 Å². The Morgan fingerprint density at radius 2 is 1.83 bits per heavy atom. The van der Waals surface area contributed by atoms with E-state index in [0.29, 0.717) is 29.7 Å². The summed E-state index contributed by atoms with van der Waals surface area (Å²) in [6, 6.07) is 9.47. The molecular formula is C22H26F2N2O3S. The summed E-state index contributed by atoms with van der Waals surface area (Å²) in [4.78, 5) is 14.4. The summed E-state index contributed by atoms with van der Waals surface area (Å²) in [5.41, 5.74) is 1.68. The number of carbonyl (C=O) groups excluding carboxylic acids is 1. The van der Waals surface area contributed by atoms with E-state index in [-0.39, 0.29) is 18.2 Å². The molecule has 0 aliphatic carbocycles. The van der Waals surface area contributed by atoms with Crippen LogP contribution in [0.25, 0.3) is 11.1 Å². The third kappa shape index (κ3) is 5.43. The van der Waals surface area contributed by atoms with Crippen molar-refractivity contribution in [3.05, 3.63) is 59.7 Å². The molecule has 30 heavy (non-hydrogen) atoms. The Morgan fingerprint density at radius 1 is 1.13 bits per heavy atom. The Labute approximate surface area is 176 Å². The van der Waals surface area contributed by atoms with Crippen molar-refractivity contribution in [2.75, 3.05) is 12.8 Å². The van der Waals surface area contributed by atoms with Crippen LogP contribution < -0.4 is 4.72 Å². The van der Waals surface area contributed by atoms with E-state index in [2.05, 4.69) is 4.72 Å². The van der Waals surface area contributed by atoms with Gasteiger partial charge in [0.05, 0.1) is 12.3 Å². The molecule has 0 unspecified atom stereocenters. The SMILES string of the molecule is CC(C)C(=O)N1CC[C@H](NS(C)(=O)=O)[C@@H]1Cc1cc(F)cc(-c2cccc(F)c2)c1. The van der Waals surface area contributed by atoms with Crippen LogP contribution in [0.1, 0.15) is 25.8 Å². The summed E-state index contributed by atoms with van der Waals surface area (Å²) < 4.78 is 54.2. The number of nitrogens with one attached hydrogen (secondary N) is 1. The molecule has 0 bridgehead atoms. The van der Waals surface area contributed by atoms with Crippen molar-refractivity contribution in [1.82, 2.24) is 9.62 Å². The van der Waals surface area contributed by atoms with E-state index in [4.69, 9.17) is 0 Å². The normalized spacial score (nSPS) is 19.5. The fraction of sp³-hybridized carbons (Fsp3) is 0.409. The lowest BCUT2D eigenvalue weighted by Crippen LogP contribution is -2.48. The van der Waals surface area contributed by atoms with Gasteiger partial charge in [0.2, 0.25) is 15.9 Å². The number of likely N-dealkylation sites (tertiary alicyclic amines) is 1. The molecule has 1 saturated heterocycles. The number of benzene rings is 2. The molecule has 2 atom stereocenters. The maximum atomic E-state index is 14.4. The summed E-state index contributed by atoms with van der Waals surface area (Å²) >= 11 is 0. The molecule has 5 nitrogen and oxygen atoms in total. The summed E-state index contributed by atoms with van der Waals surface area (Å²) in [5.74, 6) is -1.20. The van der Waals surface area contributed by atoms with Gasteiger partial charge in [-0.2, -0.15) is 0 Å². The van der Waals surface area contributed by atoms with E-state index in [1.54, 1.807) is 36.9 Å². The fourth-order valence-electron chi connectivity index (χ4n) is 3.97. The Balaban J connectivity index is 1.94. The highest BCUT2D eigenvalue weighted by molar-refractivity contribution is 7.88. The molecule has 1 fully saturated rings. The maximum Gasteiger partial charge on any atom is 0.225 e. The van der Waals surface area contributed by atoms with Crippen LogP contribution in [0.5, 0.6) is 0 Å². The van der Waals surface area contributed by atoms with Crippen molar-refractivity contribution in [2.45, 2.75) is 38.8 Å². The molecule has 1 N–H and O–H groups in total. The van der Waals surface area contributed by atoms with Crippen LogP contribution >= 0.6 is 0 Å². The van der Waals surface area contributed by atoms with Gasteiger partial charge in [-0.1, -0.05) is 32.0 Å². The summed E-state index contributed by atoms with van der Waals surface area (Å²) in [5, 5.41) is 0. The molecule has 0 spiro atoms. The van der Waals surface area contributed by atoms with Crippen LogP contribution in [0.15, 0.2) is 42.5 Å². The summed E-state index contributed by atoms with van der Waals surface area (Å²) in [7, 11) is -3.47. The Hall–Kier alpha value is -2.32. The molecule has 162 valence electrons. The van der Waals surface area contributed by atoms with Crippen molar-refractivity contribution >= 4 is 15.9 Å². The van der Waals surface area contributed by atoms with Crippen LogP contribution in [0.4, 0.5) is 8.78 Å². The molecule has 0 aromatic heterocycles. The van der Waals surface area contributed by atoms with Crippen LogP contribution in [-0.2, 0) is 21.2 Å². The van der Waals surface area contributed by atoms with Crippen molar-refractivity contribution in [3.63, 3.8) is 0 Å². The van der Waals surface area contributed by atoms with E-state index in [0.717, 1.165) is 6.26 Å². The zero-order chi connectivity index (χ0) is 22.1. The van der Waals surface area contributed by atoms with Gasteiger partial charge < -0.3 is 4.90 Å². The molecule has 3 rings (SSSR count). The van der Waals surface area contributed by atoms with E-state index in [1.165, 1.54) is 24.3 Å². The lowest BCUT2D eigenvalue weighted by Gasteiger charge is -2.30. The molecule has 8 heteroatoms. The first kappa shape index (κ1) is 22.4. The van der Waals surface area contributed by atoms with Gasteiger partial charge in [-0.15, -0.1) is 0 Å². The first-order chi connectivity index (χ1) is 14.0. The number of sulfonamides is 1. The smallest absolute Gasteiger partial charge is 0.225 e. The number of amides is 1. The minimum atomic E-state index is -3.47. The maximum absolute atomic E-state index is 14.4. The van der Waals surface area contributed by atoms with Crippen molar-refractivity contribution in [1.29, 1.82) is 0 Å². The van der Waals surface area contributed by atoms with Gasteiger partial charge in [0.1, 0.15) is 11.6 Å². The molecule has 2 aromatic rings. The second kappa shape index (κ2) is 8.81. The largest absolute Gasteiger partial charge is 0.337 e. The van der Waals surface area contributed by atoms with Gasteiger partial charge >= 0.3 is 0 Å². The minimum absolute atomic E-state index is 0.0699. The molecule has 2 aromatic carbocycles. The van der Waals surface area contributed by atoms with Gasteiger partial charge in [-0.3, -0.25) is 4.79 Å². The molecule has 1 heterocycles. The molecular weight excluding hydrogens is 410 g/mol. The minimum Gasteiger partial charge on any atom is -0.337 e. The second-order valence-electron chi connectivity index (χ2n) is 8.10. The number of carbonyl (C=O) groups is 1. The highest BCUT2D eigenvalue weighted by Gasteiger charge is 2.39. The average Bonchev–Trinajstić information content (AvgIpc) is 3.01. The van der Waals surface area contributed by atoms with Gasteiger partial charge in [0.15, 0.2) is 0 Å². The van der Waals surface area contributed by atoms with Crippen LogP contribution in [0, 0.1) is 17.6 Å². The standard InChI is InChI=1S/C22H26F2N2O3S/c1-14(2)22(27)26-8-7-20(25-30(3,28)29)21(26)11-15-9-17(13-19(24)10-15)16-5-4-6-18(23)12-16/h4-6,9-10,12-14,20-21,25H,7-8,11H2,1-3H3/t20-,21-/m0/s1.